The van der Waals surface area contributed by atoms with Crippen molar-refractivity contribution in [3.8, 4) is 0 Å². The van der Waals surface area contributed by atoms with Crippen LogP contribution in [-0.4, -0.2) is 32.9 Å². The maximum Gasteiger partial charge on any atom is 0.327 e. The standard InChI is InChI=1S/C10H16N2O4/c1-3-16-9(14)6-8(13)7-12-5-4-11(2)10(12)15/h4-5,8,13H,3,6-7H2,1-2H3. The molecule has 1 aromatic heterocycles. The van der Waals surface area contributed by atoms with Gasteiger partial charge in [-0.3, -0.25) is 9.36 Å². The highest BCUT2D eigenvalue weighted by Gasteiger charge is 2.13. The van der Waals surface area contributed by atoms with Crippen molar-refractivity contribution in [2.75, 3.05) is 6.61 Å². The Morgan fingerprint density at radius 1 is 1.56 bits per heavy atom. The average molecular weight is 228 g/mol. The number of rotatable bonds is 5. The molecule has 90 valence electrons. The van der Waals surface area contributed by atoms with Crippen LogP contribution in [0.25, 0.3) is 0 Å². The molecule has 1 N–H and O–H groups in total. The van der Waals surface area contributed by atoms with Crippen LogP contribution in [0.2, 0.25) is 0 Å². The van der Waals surface area contributed by atoms with Crippen molar-refractivity contribution in [1.29, 1.82) is 0 Å². The van der Waals surface area contributed by atoms with E-state index >= 15 is 0 Å². The highest BCUT2D eigenvalue weighted by Crippen LogP contribution is 1.98. The van der Waals surface area contributed by atoms with Crippen molar-refractivity contribution in [1.82, 2.24) is 9.13 Å². The predicted octanol–water partition coefficient (Wildman–Crippen LogP) is -0.499. The number of nitrogens with zero attached hydrogens (tertiary/aromatic N) is 2. The number of aromatic nitrogens is 2. The van der Waals surface area contributed by atoms with Gasteiger partial charge in [-0.2, -0.15) is 0 Å². The summed E-state index contributed by atoms with van der Waals surface area (Å²) in [6.45, 7) is 2.08. The molecule has 0 aliphatic rings. The Morgan fingerprint density at radius 2 is 2.25 bits per heavy atom. The first-order valence-corrected chi connectivity index (χ1v) is 5.10. The van der Waals surface area contributed by atoms with Crippen LogP contribution >= 0.6 is 0 Å². The van der Waals surface area contributed by atoms with Crippen molar-refractivity contribution >= 4 is 5.97 Å². The quantitative estimate of drug-likeness (QED) is 0.690. The van der Waals surface area contributed by atoms with Crippen LogP contribution < -0.4 is 5.69 Å². The Bertz CT molecular complexity index is 407. The number of hydrogen-bond acceptors (Lipinski definition) is 4. The SMILES string of the molecule is CCOC(=O)CC(O)Cn1ccn(C)c1=O. The van der Waals surface area contributed by atoms with Gasteiger partial charge in [0.05, 0.1) is 25.7 Å². The van der Waals surface area contributed by atoms with Gasteiger partial charge >= 0.3 is 11.7 Å². The number of aryl methyl sites for hydroxylation is 1. The lowest BCUT2D eigenvalue weighted by molar-refractivity contribution is -0.145. The normalized spacial score (nSPS) is 12.4. The minimum atomic E-state index is -0.904. The zero-order valence-corrected chi connectivity index (χ0v) is 9.42. The molecule has 0 aromatic carbocycles. The van der Waals surface area contributed by atoms with E-state index < -0.39 is 12.1 Å². The summed E-state index contributed by atoms with van der Waals surface area (Å²) in [5.74, 6) is -0.459. The third-order valence-corrected chi connectivity index (χ3v) is 2.13. The Labute approximate surface area is 93.1 Å². The maximum atomic E-state index is 11.4. The number of aliphatic hydroxyl groups excluding tert-OH is 1. The molecule has 0 radical (unpaired) electrons. The van der Waals surface area contributed by atoms with Crippen LogP contribution in [0.1, 0.15) is 13.3 Å². The van der Waals surface area contributed by atoms with E-state index in [4.69, 9.17) is 4.74 Å². The molecular weight excluding hydrogens is 212 g/mol. The Balaban J connectivity index is 2.52. The molecule has 0 amide bonds. The number of imidazole rings is 1. The molecule has 0 saturated carbocycles. The van der Waals surface area contributed by atoms with Gasteiger partial charge in [-0.25, -0.2) is 4.79 Å². The molecule has 0 aliphatic heterocycles. The predicted molar refractivity (Wildman–Crippen MR) is 56.9 cm³/mol. The molecule has 6 nitrogen and oxygen atoms in total. The largest absolute Gasteiger partial charge is 0.466 e. The van der Waals surface area contributed by atoms with E-state index in [1.165, 1.54) is 9.13 Å². The molecule has 1 atom stereocenters. The van der Waals surface area contributed by atoms with E-state index in [1.807, 2.05) is 0 Å². The summed E-state index contributed by atoms with van der Waals surface area (Å²) in [6, 6.07) is 0. The van der Waals surface area contributed by atoms with Crippen LogP contribution in [0.4, 0.5) is 0 Å². The molecule has 0 spiro atoms. The van der Waals surface area contributed by atoms with Gasteiger partial charge in [-0.1, -0.05) is 0 Å². The fourth-order valence-corrected chi connectivity index (χ4v) is 1.35. The van der Waals surface area contributed by atoms with Gasteiger partial charge in [0.15, 0.2) is 0 Å². The highest BCUT2D eigenvalue weighted by atomic mass is 16.5. The molecule has 6 heteroatoms. The summed E-state index contributed by atoms with van der Waals surface area (Å²) in [6.07, 6.45) is 2.16. The summed E-state index contributed by atoms with van der Waals surface area (Å²) < 4.78 is 7.45. The van der Waals surface area contributed by atoms with Gasteiger partial charge in [-0.05, 0) is 6.92 Å². The molecule has 0 aliphatic carbocycles. The third kappa shape index (κ3) is 3.23. The lowest BCUT2D eigenvalue weighted by atomic mass is 10.2. The van der Waals surface area contributed by atoms with Crippen molar-refractivity contribution in [2.24, 2.45) is 7.05 Å². The van der Waals surface area contributed by atoms with E-state index in [1.54, 1.807) is 26.4 Å². The van der Waals surface area contributed by atoms with Crippen LogP contribution in [0.15, 0.2) is 17.2 Å². The van der Waals surface area contributed by atoms with Gasteiger partial charge in [-0.15, -0.1) is 0 Å². The summed E-state index contributed by atoms with van der Waals surface area (Å²) in [5.41, 5.74) is -0.220. The molecule has 0 saturated heterocycles. The number of carbonyl (C=O) groups excluding carboxylic acids is 1. The van der Waals surface area contributed by atoms with Gasteiger partial charge in [0, 0.05) is 19.4 Å². The van der Waals surface area contributed by atoms with E-state index in [0.717, 1.165) is 0 Å². The van der Waals surface area contributed by atoms with Gasteiger partial charge in [0.1, 0.15) is 0 Å². The number of carbonyl (C=O) groups is 1. The molecule has 1 unspecified atom stereocenters. The molecule has 1 rings (SSSR count). The third-order valence-electron chi connectivity index (χ3n) is 2.13. The summed E-state index contributed by atoms with van der Waals surface area (Å²) in [7, 11) is 1.62. The second-order valence-electron chi connectivity index (χ2n) is 3.51. The number of hydrogen-bond donors (Lipinski definition) is 1. The van der Waals surface area contributed by atoms with E-state index in [2.05, 4.69) is 0 Å². The monoisotopic (exact) mass is 228 g/mol. The smallest absolute Gasteiger partial charge is 0.327 e. The topological polar surface area (TPSA) is 73.5 Å². The van der Waals surface area contributed by atoms with E-state index in [9.17, 15) is 14.7 Å². The lowest BCUT2D eigenvalue weighted by Gasteiger charge is -2.09. The Kier molecular flexibility index (Phi) is 4.30. The van der Waals surface area contributed by atoms with Crippen molar-refractivity contribution in [3.63, 3.8) is 0 Å². The van der Waals surface area contributed by atoms with Crippen LogP contribution in [0.3, 0.4) is 0 Å². The zero-order valence-electron chi connectivity index (χ0n) is 9.42. The van der Waals surface area contributed by atoms with Crippen LogP contribution in [0, 0.1) is 0 Å². The molecular formula is C10H16N2O4. The minimum Gasteiger partial charge on any atom is -0.466 e. The zero-order chi connectivity index (χ0) is 12.1. The molecule has 0 bridgehead atoms. The fraction of sp³-hybridized carbons (Fsp3) is 0.600. The number of ether oxygens (including phenoxy) is 1. The first-order valence-electron chi connectivity index (χ1n) is 5.10. The Hall–Kier alpha value is -1.56. The highest BCUT2D eigenvalue weighted by molar-refractivity contribution is 5.69. The van der Waals surface area contributed by atoms with E-state index in [0.29, 0.717) is 0 Å². The minimum absolute atomic E-state index is 0.0957. The number of aliphatic hydroxyl groups is 1. The first-order chi connectivity index (χ1) is 7.54. The van der Waals surface area contributed by atoms with Crippen molar-refractivity contribution < 1.29 is 14.6 Å². The van der Waals surface area contributed by atoms with Gasteiger partial charge < -0.3 is 14.4 Å². The summed E-state index contributed by atoms with van der Waals surface area (Å²) >= 11 is 0. The molecule has 1 heterocycles. The van der Waals surface area contributed by atoms with Crippen LogP contribution in [0.5, 0.6) is 0 Å². The summed E-state index contributed by atoms with van der Waals surface area (Å²) in [5, 5.41) is 9.56. The van der Waals surface area contributed by atoms with Gasteiger partial charge in [0.2, 0.25) is 0 Å². The van der Waals surface area contributed by atoms with Gasteiger partial charge in [0.25, 0.3) is 0 Å². The maximum absolute atomic E-state index is 11.4. The molecule has 16 heavy (non-hydrogen) atoms. The average Bonchev–Trinajstić information content (AvgIpc) is 2.50. The van der Waals surface area contributed by atoms with E-state index in [-0.39, 0.29) is 25.3 Å². The Morgan fingerprint density at radius 3 is 2.75 bits per heavy atom. The summed E-state index contributed by atoms with van der Waals surface area (Å²) in [4.78, 5) is 22.5. The first kappa shape index (κ1) is 12.5. The second-order valence-corrected chi connectivity index (χ2v) is 3.51. The fourth-order valence-electron chi connectivity index (χ4n) is 1.35. The van der Waals surface area contributed by atoms with Crippen molar-refractivity contribution in [2.45, 2.75) is 26.0 Å². The lowest BCUT2D eigenvalue weighted by Crippen LogP contribution is -2.28. The number of esters is 1. The van der Waals surface area contributed by atoms with Crippen LogP contribution in [-0.2, 0) is 23.1 Å². The molecule has 1 aromatic rings. The molecule has 0 fully saturated rings. The van der Waals surface area contributed by atoms with Crippen molar-refractivity contribution in [3.05, 3.63) is 22.9 Å². The second kappa shape index (κ2) is 5.50.